The number of piperidine rings is 1. The summed E-state index contributed by atoms with van der Waals surface area (Å²) in [5.74, 6) is 1.06. The summed E-state index contributed by atoms with van der Waals surface area (Å²) in [5.41, 5.74) is 3.92. The molecule has 6 rings (SSSR count). The third-order valence-corrected chi connectivity index (χ3v) is 8.69. The molecule has 1 fully saturated rings. The van der Waals surface area contributed by atoms with Gasteiger partial charge >= 0.3 is 0 Å². The minimum Gasteiger partial charge on any atom is -0.342 e. The van der Waals surface area contributed by atoms with Crippen molar-refractivity contribution in [3.63, 3.8) is 0 Å². The lowest BCUT2D eigenvalue weighted by molar-refractivity contribution is 0.143. The van der Waals surface area contributed by atoms with Crippen LogP contribution in [0.1, 0.15) is 41.9 Å². The average Bonchev–Trinajstić information content (AvgIpc) is 3.40. The van der Waals surface area contributed by atoms with Gasteiger partial charge in [0.05, 0.1) is 28.2 Å². The van der Waals surface area contributed by atoms with Gasteiger partial charge in [-0.05, 0) is 49.2 Å². The van der Waals surface area contributed by atoms with E-state index in [0.717, 1.165) is 28.1 Å². The van der Waals surface area contributed by atoms with Gasteiger partial charge in [-0.15, -0.1) is 0 Å². The Labute approximate surface area is 184 Å². The summed E-state index contributed by atoms with van der Waals surface area (Å²) in [5, 5.41) is 7.79. The van der Waals surface area contributed by atoms with Crippen LogP contribution in [-0.4, -0.2) is 38.9 Å². The summed E-state index contributed by atoms with van der Waals surface area (Å²) >= 11 is 5.98. The predicted octanol–water partition coefficient (Wildman–Crippen LogP) is 4.17. The first-order valence-electron chi connectivity index (χ1n) is 10.3. The molecule has 2 aromatic heterocycles. The number of halogens is 1. The highest BCUT2D eigenvalue weighted by atomic mass is 35.5. The summed E-state index contributed by atoms with van der Waals surface area (Å²) < 4.78 is 29.0. The third kappa shape index (κ3) is 3.01. The van der Waals surface area contributed by atoms with Gasteiger partial charge in [0, 0.05) is 34.7 Å². The maximum atomic E-state index is 13.7. The number of hydrogen-bond donors (Lipinski definition) is 2. The Morgan fingerprint density at radius 2 is 1.87 bits per heavy atom. The molecule has 158 valence electrons. The van der Waals surface area contributed by atoms with E-state index in [9.17, 15) is 8.42 Å². The molecule has 9 heteroatoms. The number of para-hydroxylation sites is 2. The van der Waals surface area contributed by atoms with Crippen molar-refractivity contribution >= 4 is 32.7 Å². The number of nitrogens with one attached hydrogen (secondary N) is 2. The Hall–Kier alpha value is -2.68. The van der Waals surface area contributed by atoms with E-state index in [0.29, 0.717) is 24.3 Å². The molecule has 0 spiro atoms. The Morgan fingerprint density at radius 1 is 1.06 bits per heavy atom. The second-order valence-electron chi connectivity index (χ2n) is 8.27. The zero-order chi connectivity index (χ0) is 21.2. The van der Waals surface area contributed by atoms with Crippen molar-refractivity contribution in [3.05, 3.63) is 76.8 Å². The van der Waals surface area contributed by atoms with Gasteiger partial charge in [0.2, 0.25) is 10.0 Å². The van der Waals surface area contributed by atoms with Gasteiger partial charge in [-0.1, -0.05) is 23.7 Å². The number of nitrogens with zero attached hydrogens (tertiary/aromatic N) is 3. The van der Waals surface area contributed by atoms with E-state index in [2.05, 4.69) is 15.2 Å². The number of aromatic nitrogens is 4. The number of sulfonamides is 1. The van der Waals surface area contributed by atoms with Crippen molar-refractivity contribution in [2.24, 2.45) is 0 Å². The van der Waals surface area contributed by atoms with Crippen LogP contribution in [0.25, 0.3) is 11.0 Å². The van der Waals surface area contributed by atoms with Crippen molar-refractivity contribution in [1.82, 2.24) is 24.5 Å². The molecule has 2 aromatic carbocycles. The standard InChI is InChI=1S/C22H20ClN5O2S/c23-14-5-7-16(8-6-14)31(29,30)28-15-9-13(10-21(28)17-12-24-27-20(17)11-15)22-25-18-3-1-2-4-19(18)26-22/h1-8,12-13,15,21H,9-11H2,(H,24,27)(H,25,26). The number of aromatic amines is 2. The SMILES string of the molecule is O=S(=O)(c1ccc(Cl)cc1)N1C2Cc3[nH]ncc3C1CC(c1nc3ccccc3[nH]1)C2. The van der Waals surface area contributed by atoms with Crippen LogP contribution >= 0.6 is 11.6 Å². The molecule has 7 nitrogen and oxygen atoms in total. The first kappa shape index (κ1) is 19.0. The van der Waals surface area contributed by atoms with Gasteiger partial charge in [-0.3, -0.25) is 5.10 Å². The fourth-order valence-corrected chi connectivity index (χ4v) is 7.02. The quantitative estimate of drug-likeness (QED) is 0.486. The predicted molar refractivity (Wildman–Crippen MR) is 117 cm³/mol. The van der Waals surface area contributed by atoms with Crippen molar-refractivity contribution in [1.29, 1.82) is 0 Å². The molecular formula is C22H20ClN5O2S. The Kier molecular flexibility index (Phi) is 4.25. The van der Waals surface area contributed by atoms with Gasteiger partial charge in [-0.25, -0.2) is 13.4 Å². The van der Waals surface area contributed by atoms with Crippen LogP contribution < -0.4 is 0 Å². The van der Waals surface area contributed by atoms with E-state index in [1.165, 1.54) is 0 Å². The van der Waals surface area contributed by atoms with Gasteiger partial charge in [0.25, 0.3) is 0 Å². The number of H-pyrrole nitrogens is 2. The smallest absolute Gasteiger partial charge is 0.243 e. The first-order valence-corrected chi connectivity index (χ1v) is 12.1. The second kappa shape index (κ2) is 6.91. The van der Waals surface area contributed by atoms with Crippen LogP contribution in [-0.2, 0) is 16.4 Å². The largest absolute Gasteiger partial charge is 0.342 e. The molecule has 4 aromatic rings. The van der Waals surface area contributed by atoms with Crippen molar-refractivity contribution in [2.75, 3.05) is 0 Å². The maximum absolute atomic E-state index is 13.7. The monoisotopic (exact) mass is 453 g/mol. The normalized spacial score (nSPS) is 23.7. The van der Waals surface area contributed by atoms with Crippen LogP contribution in [0, 0.1) is 0 Å². The van der Waals surface area contributed by atoms with E-state index in [1.54, 1.807) is 34.8 Å². The van der Waals surface area contributed by atoms with E-state index < -0.39 is 10.0 Å². The van der Waals surface area contributed by atoms with E-state index >= 15 is 0 Å². The lowest BCUT2D eigenvalue weighted by Gasteiger charge is -2.46. The van der Waals surface area contributed by atoms with E-state index in [1.807, 2.05) is 24.3 Å². The molecule has 2 N–H and O–H groups in total. The number of rotatable bonds is 3. The van der Waals surface area contributed by atoms with Gasteiger partial charge < -0.3 is 4.98 Å². The summed E-state index contributed by atoms with van der Waals surface area (Å²) in [7, 11) is -3.69. The van der Waals surface area contributed by atoms with Gasteiger partial charge in [0.15, 0.2) is 0 Å². The zero-order valence-corrected chi connectivity index (χ0v) is 18.1. The molecule has 1 saturated heterocycles. The lowest BCUT2D eigenvalue weighted by atomic mass is 9.79. The zero-order valence-electron chi connectivity index (χ0n) is 16.5. The van der Waals surface area contributed by atoms with Gasteiger partial charge in [-0.2, -0.15) is 9.40 Å². The highest BCUT2D eigenvalue weighted by Gasteiger charge is 2.48. The molecule has 31 heavy (non-hydrogen) atoms. The Morgan fingerprint density at radius 3 is 2.68 bits per heavy atom. The maximum Gasteiger partial charge on any atom is 0.243 e. The molecular weight excluding hydrogens is 434 g/mol. The van der Waals surface area contributed by atoms with Gasteiger partial charge in [0.1, 0.15) is 5.82 Å². The molecule has 2 aliphatic heterocycles. The highest BCUT2D eigenvalue weighted by molar-refractivity contribution is 7.89. The highest BCUT2D eigenvalue weighted by Crippen LogP contribution is 2.49. The van der Waals surface area contributed by atoms with Crippen LogP contribution in [0.3, 0.4) is 0 Å². The molecule has 0 aliphatic carbocycles. The topological polar surface area (TPSA) is 94.7 Å². The average molecular weight is 454 g/mol. The van der Waals surface area contributed by atoms with E-state index in [4.69, 9.17) is 16.6 Å². The van der Waals surface area contributed by atoms with Crippen LogP contribution in [0.15, 0.2) is 59.6 Å². The summed E-state index contributed by atoms with van der Waals surface area (Å²) in [6.45, 7) is 0. The number of imidazole rings is 1. The molecule has 4 heterocycles. The number of benzene rings is 2. The molecule has 2 aliphatic rings. The third-order valence-electron chi connectivity index (χ3n) is 6.47. The molecule has 0 amide bonds. The van der Waals surface area contributed by atoms with Crippen LogP contribution in [0.5, 0.6) is 0 Å². The molecule has 0 saturated carbocycles. The van der Waals surface area contributed by atoms with E-state index in [-0.39, 0.29) is 22.9 Å². The molecule has 2 bridgehead atoms. The fraction of sp³-hybridized carbons (Fsp3) is 0.273. The minimum atomic E-state index is -3.69. The molecule has 0 radical (unpaired) electrons. The Balaban J connectivity index is 1.42. The first-order chi connectivity index (χ1) is 15.0. The van der Waals surface area contributed by atoms with Crippen LogP contribution in [0.4, 0.5) is 0 Å². The number of hydrogen-bond acceptors (Lipinski definition) is 4. The Bertz CT molecular complexity index is 1350. The summed E-state index contributed by atoms with van der Waals surface area (Å²) in [6, 6.07) is 13.9. The fourth-order valence-electron chi connectivity index (χ4n) is 5.08. The minimum absolute atomic E-state index is 0.141. The lowest BCUT2D eigenvalue weighted by Crippen LogP contribution is -2.51. The summed E-state index contributed by atoms with van der Waals surface area (Å²) in [6.07, 6.45) is 3.72. The van der Waals surface area contributed by atoms with Crippen molar-refractivity contribution in [3.8, 4) is 0 Å². The summed E-state index contributed by atoms with van der Waals surface area (Å²) in [4.78, 5) is 8.51. The van der Waals surface area contributed by atoms with Crippen molar-refractivity contribution in [2.45, 2.75) is 42.2 Å². The molecule has 3 unspecified atom stereocenters. The van der Waals surface area contributed by atoms with Crippen LogP contribution in [0.2, 0.25) is 5.02 Å². The number of fused-ring (bicyclic) bond motifs is 5. The second-order valence-corrected chi connectivity index (χ2v) is 10.6. The molecule has 3 atom stereocenters. The van der Waals surface area contributed by atoms with Crippen molar-refractivity contribution < 1.29 is 8.42 Å².